The third-order valence-corrected chi connectivity index (χ3v) is 2.20. The van der Waals surface area contributed by atoms with E-state index in [1.165, 1.54) is 32.4 Å². The molecule has 11 heavy (non-hydrogen) atoms. The minimum atomic E-state index is 0.812. The lowest BCUT2D eigenvalue weighted by molar-refractivity contribution is 0.270. The fourth-order valence-electron chi connectivity index (χ4n) is 1.46. The van der Waals surface area contributed by atoms with Crippen molar-refractivity contribution in [2.24, 2.45) is 11.7 Å². The van der Waals surface area contributed by atoms with Crippen LogP contribution in [0.5, 0.6) is 0 Å². The molecule has 1 aliphatic rings. The highest BCUT2D eigenvalue weighted by Gasteiger charge is 2.23. The molecule has 0 aliphatic heterocycles. The van der Waals surface area contributed by atoms with Crippen LogP contribution in [0.1, 0.15) is 26.2 Å². The van der Waals surface area contributed by atoms with Gasteiger partial charge >= 0.3 is 0 Å². The molecule has 2 heteroatoms. The second-order valence-electron chi connectivity index (χ2n) is 3.53. The molecule has 66 valence electrons. The van der Waals surface area contributed by atoms with Gasteiger partial charge in [-0.25, -0.2) is 0 Å². The number of nitrogens with two attached hydrogens (primary N) is 1. The van der Waals surface area contributed by atoms with Gasteiger partial charge in [-0.1, -0.05) is 6.92 Å². The average Bonchev–Trinajstić information content (AvgIpc) is 2.73. The van der Waals surface area contributed by atoms with Gasteiger partial charge < -0.3 is 10.6 Å². The fraction of sp³-hybridized carbons (Fsp3) is 1.00. The maximum atomic E-state index is 5.51. The van der Waals surface area contributed by atoms with Crippen molar-refractivity contribution in [2.45, 2.75) is 26.2 Å². The summed E-state index contributed by atoms with van der Waals surface area (Å²) < 4.78 is 0. The lowest BCUT2D eigenvalue weighted by Gasteiger charge is -2.20. The normalized spacial score (nSPS) is 17.7. The largest absolute Gasteiger partial charge is 0.329 e. The van der Waals surface area contributed by atoms with E-state index in [1.807, 2.05) is 0 Å². The molecule has 1 saturated carbocycles. The zero-order valence-corrected chi connectivity index (χ0v) is 7.55. The summed E-state index contributed by atoms with van der Waals surface area (Å²) in [6.45, 7) is 6.66. The molecule has 0 atom stereocenters. The molecule has 0 aromatic rings. The minimum Gasteiger partial charge on any atom is -0.329 e. The second kappa shape index (κ2) is 4.73. The van der Waals surface area contributed by atoms with Crippen LogP contribution in [0, 0.1) is 5.92 Å². The Morgan fingerprint density at radius 1 is 1.36 bits per heavy atom. The Hall–Kier alpha value is -0.0800. The van der Waals surface area contributed by atoms with Crippen LogP contribution in [0.4, 0.5) is 0 Å². The topological polar surface area (TPSA) is 29.3 Å². The summed E-state index contributed by atoms with van der Waals surface area (Å²) in [6, 6.07) is 0. The first kappa shape index (κ1) is 9.01. The molecule has 0 saturated heterocycles. The van der Waals surface area contributed by atoms with Crippen LogP contribution in [0.3, 0.4) is 0 Å². The molecule has 1 rings (SSSR count). The highest BCUT2D eigenvalue weighted by Crippen LogP contribution is 2.29. The Balaban J connectivity index is 2.08. The molecule has 1 aliphatic carbocycles. The van der Waals surface area contributed by atoms with Crippen LogP contribution in [0.25, 0.3) is 0 Å². The van der Waals surface area contributed by atoms with E-state index < -0.39 is 0 Å². The Morgan fingerprint density at radius 3 is 2.55 bits per heavy atom. The Bertz CT molecular complexity index is 93.7. The van der Waals surface area contributed by atoms with E-state index in [0.29, 0.717) is 0 Å². The molecule has 0 aromatic carbocycles. The number of rotatable bonds is 6. The Morgan fingerprint density at radius 2 is 2.09 bits per heavy atom. The van der Waals surface area contributed by atoms with Crippen molar-refractivity contribution >= 4 is 0 Å². The molecule has 0 amide bonds. The quantitative estimate of drug-likeness (QED) is 0.623. The van der Waals surface area contributed by atoms with Crippen LogP contribution in [0.2, 0.25) is 0 Å². The zero-order valence-electron chi connectivity index (χ0n) is 7.55. The monoisotopic (exact) mass is 156 g/mol. The van der Waals surface area contributed by atoms with Gasteiger partial charge in [0.2, 0.25) is 0 Å². The first-order valence-electron chi connectivity index (χ1n) is 4.79. The van der Waals surface area contributed by atoms with Crippen LogP contribution in [0.15, 0.2) is 0 Å². The predicted octanol–water partition coefficient (Wildman–Crippen LogP) is 1.07. The SMILES string of the molecule is CCCN(CCN)CC1CC1. The molecular formula is C9H20N2. The van der Waals surface area contributed by atoms with E-state index in [2.05, 4.69) is 11.8 Å². The highest BCUT2D eigenvalue weighted by molar-refractivity contribution is 4.77. The van der Waals surface area contributed by atoms with Crippen molar-refractivity contribution in [1.82, 2.24) is 4.90 Å². The summed E-state index contributed by atoms with van der Waals surface area (Å²) in [5.41, 5.74) is 5.51. The Kier molecular flexibility index (Phi) is 3.87. The molecule has 1 fully saturated rings. The van der Waals surface area contributed by atoms with Crippen molar-refractivity contribution in [3.05, 3.63) is 0 Å². The molecule has 0 radical (unpaired) electrons. The summed E-state index contributed by atoms with van der Waals surface area (Å²) in [7, 11) is 0. The molecule has 0 spiro atoms. The van der Waals surface area contributed by atoms with Crippen molar-refractivity contribution in [1.29, 1.82) is 0 Å². The summed E-state index contributed by atoms with van der Waals surface area (Å²) in [6.07, 6.45) is 4.16. The molecule has 2 nitrogen and oxygen atoms in total. The van der Waals surface area contributed by atoms with Gasteiger partial charge in [0.15, 0.2) is 0 Å². The van der Waals surface area contributed by atoms with Crippen molar-refractivity contribution in [3.63, 3.8) is 0 Å². The number of hydrogen-bond donors (Lipinski definition) is 1. The fourth-order valence-corrected chi connectivity index (χ4v) is 1.46. The standard InChI is InChI=1S/C9H20N2/c1-2-6-11(7-5-10)8-9-3-4-9/h9H,2-8,10H2,1H3. The molecule has 2 N–H and O–H groups in total. The first-order chi connectivity index (χ1) is 5.36. The highest BCUT2D eigenvalue weighted by atomic mass is 15.1. The lowest BCUT2D eigenvalue weighted by Crippen LogP contribution is -2.31. The van der Waals surface area contributed by atoms with Gasteiger partial charge in [-0.2, -0.15) is 0 Å². The van der Waals surface area contributed by atoms with Gasteiger partial charge in [0.1, 0.15) is 0 Å². The minimum absolute atomic E-state index is 0.812. The summed E-state index contributed by atoms with van der Waals surface area (Å²) in [5.74, 6) is 1.01. The van der Waals surface area contributed by atoms with E-state index in [1.54, 1.807) is 0 Å². The van der Waals surface area contributed by atoms with Gasteiger partial charge in [-0.3, -0.25) is 0 Å². The maximum absolute atomic E-state index is 5.51. The molecular weight excluding hydrogens is 136 g/mol. The Labute approximate surface area is 69.8 Å². The summed E-state index contributed by atoms with van der Waals surface area (Å²) in [4.78, 5) is 2.50. The first-order valence-corrected chi connectivity index (χ1v) is 4.79. The number of hydrogen-bond acceptors (Lipinski definition) is 2. The van der Waals surface area contributed by atoms with E-state index in [0.717, 1.165) is 19.0 Å². The van der Waals surface area contributed by atoms with Gasteiger partial charge in [-0.15, -0.1) is 0 Å². The van der Waals surface area contributed by atoms with Gasteiger partial charge in [0, 0.05) is 19.6 Å². The van der Waals surface area contributed by atoms with Crippen LogP contribution in [-0.4, -0.2) is 31.1 Å². The van der Waals surface area contributed by atoms with Crippen LogP contribution in [-0.2, 0) is 0 Å². The lowest BCUT2D eigenvalue weighted by atomic mass is 10.3. The smallest absolute Gasteiger partial charge is 0.0105 e. The van der Waals surface area contributed by atoms with Crippen molar-refractivity contribution in [3.8, 4) is 0 Å². The second-order valence-corrected chi connectivity index (χ2v) is 3.53. The van der Waals surface area contributed by atoms with Crippen LogP contribution >= 0.6 is 0 Å². The molecule has 0 unspecified atom stereocenters. The van der Waals surface area contributed by atoms with Gasteiger partial charge in [0.25, 0.3) is 0 Å². The van der Waals surface area contributed by atoms with E-state index in [4.69, 9.17) is 5.73 Å². The van der Waals surface area contributed by atoms with Crippen LogP contribution < -0.4 is 5.73 Å². The average molecular weight is 156 g/mol. The van der Waals surface area contributed by atoms with E-state index in [9.17, 15) is 0 Å². The molecule has 0 heterocycles. The van der Waals surface area contributed by atoms with Crippen molar-refractivity contribution in [2.75, 3.05) is 26.2 Å². The predicted molar refractivity (Wildman–Crippen MR) is 48.5 cm³/mol. The molecule has 0 bridgehead atoms. The molecule has 0 aromatic heterocycles. The maximum Gasteiger partial charge on any atom is 0.0105 e. The third kappa shape index (κ3) is 3.73. The van der Waals surface area contributed by atoms with E-state index in [-0.39, 0.29) is 0 Å². The van der Waals surface area contributed by atoms with Gasteiger partial charge in [-0.05, 0) is 31.7 Å². The summed E-state index contributed by atoms with van der Waals surface area (Å²) in [5, 5.41) is 0. The van der Waals surface area contributed by atoms with E-state index >= 15 is 0 Å². The van der Waals surface area contributed by atoms with Crippen molar-refractivity contribution < 1.29 is 0 Å². The van der Waals surface area contributed by atoms with Gasteiger partial charge in [0.05, 0.1) is 0 Å². The summed E-state index contributed by atoms with van der Waals surface area (Å²) >= 11 is 0. The zero-order chi connectivity index (χ0) is 8.10. The third-order valence-electron chi connectivity index (χ3n) is 2.20. The number of nitrogens with zero attached hydrogens (tertiary/aromatic N) is 1.